The Kier molecular flexibility index (Phi) is 5.41. The molecule has 4 heteroatoms. The van der Waals surface area contributed by atoms with Crippen molar-refractivity contribution in [1.29, 1.82) is 0 Å². The predicted molar refractivity (Wildman–Crippen MR) is 78.4 cm³/mol. The number of ether oxygens (including phenoxy) is 1. The Morgan fingerprint density at radius 1 is 1.40 bits per heavy atom. The molecule has 1 fully saturated rings. The first-order valence-electron chi connectivity index (χ1n) is 7.41. The normalized spacial score (nSPS) is 14.5. The monoisotopic (exact) mass is 277 g/mol. The van der Waals surface area contributed by atoms with Crippen LogP contribution in [-0.2, 0) is 0 Å². The smallest absolute Gasteiger partial charge is 0.335 e. The fourth-order valence-corrected chi connectivity index (χ4v) is 2.28. The van der Waals surface area contributed by atoms with Crippen LogP contribution in [0.25, 0.3) is 0 Å². The van der Waals surface area contributed by atoms with Gasteiger partial charge >= 0.3 is 5.97 Å². The number of nitrogens with zero attached hydrogens (tertiary/aromatic N) is 1. The van der Waals surface area contributed by atoms with E-state index in [0.29, 0.717) is 12.4 Å². The molecular formula is C16H23NO3. The van der Waals surface area contributed by atoms with Gasteiger partial charge in [-0.25, -0.2) is 4.79 Å². The van der Waals surface area contributed by atoms with Crippen molar-refractivity contribution in [2.24, 2.45) is 0 Å². The third-order valence-corrected chi connectivity index (χ3v) is 3.59. The van der Waals surface area contributed by atoms with Crippen molar-refractivity contribution < 1.29 is 14.6 Å². The zero-order chi connectivity index (χ0) is 14.4. The highest BCUT2D eigenvalue weighted by Gasteiger charge is 2.28. The van der Waals surface area contributed by atoms with E-state index in [2.05, 4.69) is 11.8 Å². The summed E-state index contributed by atoms with van der Waals surface area (Å²) in [6.45, 7) is 4.88. The van der Waals surface area contributed by atoms with E-state index in [0.717, 1.165) is 19.1 Å². The van der Waals surface area contributed by atoms with Crippen LogP contribution >= 0.6 is 0 Å². The van der Waals surface area contributed by atoms with Gasteiger partial charge in [-0.2, -0.15) is 0 Å². The van der Waals surface area contributed by atoms with E-state index in [1.807, 2.05) is 0 Å². The van der Waals surface area contributed by atoms with Crippen molar-refractivity contribution in [2.75, 3.05) is 19.7 Å². The summed E-state index contributed by atoms with van der Waals surface area (Å²) < 4.78 is 5.68. The first-order valence-corrected chi connectivity index (χ1v) is 7.41. The van der Waals surface area contributed by atoms with Gasteiger partial charge in [0.2, 0.25) is 0 Å². The maximum Gasteiger partial charge on any atom is 0.335 e. The summed E-state index contributed by atoms with van der Waals surface area (Å²) in [4.78, 5) is 13.4. The second-order valence-corrected chi connectivity index (χ2v) is 5.30. The van der Waals surface area contributed by atoms with Crippen LogP contribution in [0.5, 0.6) is 5.75 Å². The lowest BCUT2D eigenvalue weighted by atomic mass is 10.2. The highest BCUT2D eigenvalue weighted by molar-refractivity contribution is 5.87. The molecule has 20 heavy (non-hydrogen) atoms. The molecule has 0 bridgehead atoms. The molecule has 4 nitrogen and oxygen atoms in total. The quantitative estimate of drug-likeness (QED) is 0.753. The Morgan fingerprint density at radius 2 is 2.20 bits per heavy atom. The van der Waals surface area contributed by atoms with Crippen molar-refractivity contribution >= 4 is 5.97 Å². The van der Waals surface area contributed by atoms with E-state index >= 15 is 0 Å². The highest BCUT2D eigenvalue weighted by Crippen LogP contribution is 2.26. The summed E-state index contributed by atoms with van der Waals surface area (Å²) in [5.74, 6) is -0.283. The maximum atomic E-state index is 10.9. The van der Waals surface area contributed by atoms with Crippen LogP contribution in [0.3, 0.4) is 0 Å². The molecule has 2 rings (SSSR count). The molecule has 0 spiro atoms. The molecule has 0 atom stereocenters. The Balaban J connectivity index is 1.79. The van der Waals surface area contributed by atoms with Gasteiger partial charge in [0.05, 0.1) is 5.56 Å². The Morgan fingerprint density at radius 3 is 2.85 bits per heavy atom. The van der Waals surface area contributed by atoms with Gasteiger partial charge in [0.15, 0.2) is 0 Å². The van der Waals surface area contributed by atoms with Crippen molar-refractivity contribution in [3.05, 3.63) is 29.8 Å². The molecule has 0 heterocycles. The number of carboxylic acids is 1. The SMILES string of the molecule is CCCCN(CCOc1cccc(C(=O)O)c1)C1CC1. The third kappa shape index (κ3) is 4.53. The minimum atomic E-state index is -0.919. The second-order valence-electron chi connectivity index (χ2n) is 5.30. The first-order chi connectivity index (χ1) is 9.70. The van der Waals surface area contributed by atoms with Gasteiger partial charge in [0.25, 0.3) is 0 Å². The molecule has 1 N–H and O–H groups in total. The van der Waals surface area contributed by atoms with Gasteiger partial charge in [-0.3, -0.25) is 4.90 Å². The number of carbonyl (C=O) groups is 1. The zero-order valence-electron chi connectivity index (χ0n) is 12.0. The van der Waals surface area contributed by atoms with Gasteiger partial charge < -0.3 is 9.84 Å². The summed E-state index contributed by atoms with van der Waals surface area (Å²) >= 11 is 0. The lowest BCUT2D eigenvalue weighted by molar-refractivity contribution is 0.0696. The molecule has 0 aliphatic heterocycles. The molecule has 1 saturated carbocycles. The number of hydrogen-bond acceptors (Lipinski definition) is 3. The zero-order valence-corrected chi connectivity index (χ0v) is 12.0. The number of unbranched alkanes of at least 4 members (excludes halogenated alkanes) is 1. The average Bonchev–Trinajstić information content (AvgIpc) is 3.27. The number of hydrogen-bond donors (Lipinski definition) is 1. The van der Waals surface area contributed by atoms with Crippen LogP contribution in [0.1, 0.15) is 43.0 Å². The summed E-state index contributed by atoms with van der Waals surface area (Å²) in [5.41, 5.74) is 0.271. The minimum absolute atomic E-state index is 0.271. The Labute approximate surface area is 120 Å². The molecule has 110 valence electrons. The molecule has 0 aromatic heterocycles. The first kappa shape index (κ1) is 14.9. The Bertz CT molecular complexity index is 443. The molecule has 0 saturated heterocycles. The summed E-state index contributed by atoms with van der Waals surface area (Å²) in [5, 5.41) is 8.94. The third-order valence-electron chi connectivity index (χ3n) is 3.59. The molecule has 0 amide bonds. The molecule has 1 aromatic rings. The second kappa shape index (κ2) is 7.29. The predicted octanol–water partition coefficient (Wildman–Crippen LogP) is 3.03. The van der Waals surface area contributed by atoms with Crippen LogP contribution in [0, 0.1) is 0 Å². The van der Waals surface area contributed by atoms with Crippen molar-refractivity contribution in [3.63, 3.8) is 0 Å². The molecule has 1 aliphatic carbocycles. The average molecular weight is 277 g/mol. The van der Waals surface area contributed by atoms with Gasteiger partial charge in [0.1, 0.15) is 12.4 Å². The summed E-state index contributed by atoms with van der Waals surface area (Å²) in [6.07, 6.45) is 5.05. The van der Waals surface area contributed by atoms with Gasteiger partial charge in [-0.1, -0.05) is 19.4 Å². The van der Waals surface area contributed by atoms with Crippen molar-refractivity contribution in [1.82, 2.24) is 4.90 Å². The van der Waals surface area contributed by atoms with Crippen LogP contribution in [0.4, 0.5) is 0 Å². The van der Waals surface area contributed by atoms with Crippen LogP contribution in [-0.4, -0.2) is 41.7 Å². The fraction of sp³-hybridized carbons (Fsp3) is 0.562. The number of carboxylic acid groups (broad SMARTS) is 1. The number of benzene rings is 1. The van der Waals surface area contributed by atoms with Crippen LogP contribution in [0.2, 0.25) is 0 Å². The van der Waals surface area contributed by atoms with E-state index in [1.165, 1.54) is 25.7 Å². The highest BCUT2D eigenvalue weighted by atomic mass is 16.5. The standard InChI is InChI=1S/C16H23NO3/c1-2-3-9-17(14-7-8-14)10-11-20-15-6-4-5-13(12-15)16(18)19/h4-6,12,14H,2-3,7-11H2,1H3,(H,18,19). The lowest BCUT2D eigenvalue weighted by Gasteiger charge is -2.21. The van der Waals surface area contributed by atoms with E-state index < -0.39 is 5.97 Å². The Hall–Kier alpha value is -1.55. The molecular weight excluding hydrogens is 254 g/mol. The van der Waals surface area contributed by atoms with Crippen LogP contribution < -0.4 is 4.74 Å². The topological polar surface area (TPSA) is 49.8 Å². The number of aromatic carboxylic acids is 1. The number of rotatable bonds is 9. The van der Waals surface area contributed by atoms with E-state index in [4.69, 9.17) is 9.84 Å². The largest absolute Gasteiger partial charge is 0.492 e. The van der Waals surface area contributed by atoms with Crippen LogP contribution in [0.15, 0.2) is 24.3 Å². The van der Waals surface area contributed by atoms with E-state index in [9.17, 15) is 4.79 Å². The maximum absolute atomic E-state index is 10.9. The van der Waals surface area contributed by atoms with E-state index in [-0.39, 0.29) is 5.56 Å². The van der Waals surface area contributed by atoms with Gasteiger partial charge in [0, 0.05) is 12.6 Å². The summed E-state index contributed by atoms with van der Waals surface area (Å²) in [6, 6.07) is 7.42. The molecule has 0 unspecified atom stereocenters. The minimum Gasteiger partial charge on any atom is -0.492 e. The van der Waals surface area contributed by atoms with Crippen molar-refractivity contribution in [2.45, 2.75) is 38.6 Å². The lowest BCUT2D eigenvalue weighted by Crippen LogP contribution is -2.31. The molecule has 1 aromatic carbocycles. The van der Waals surface area contributed by atoms with E-state index in [1.54, 1.807) is 24.3 Å². The van der Waals surface area contributed by atoms with Gasteiger partial charge in [-0.05, 0) is 44.0 Å². The van der Waals surface area contributed by atoms with Gasteiger partial charge in [-0.15, -0.1) is 0 Å². The molecule has 0 radical (unpaired) electrons. The summed E-state index contributed by atoms with van der Waals surface area (Å²) in [7, 11) is 0. The van der Waals surface area contributed by atoms with Crippen molar-refractivity contribution in [3.8, 4) is 5.75 Å². The molecule has 1 aliphatic rings. The fourth-order valence-electron chi connectivity index (χ4n) is 2.28.